The molecule has 24 heavy (non-hydrogen) atoms. The highest BCUT2D eigenvalue weighted by Gasteiger charge is 2.50. The summed E-state index contributed by atoms with van der Waals surface area (Å²) in [4.78, 5) is 17.1. The maximum absolute atomic E-state index is 12.5. The maximum Gasteiger partial charge on any atom is 0.340 e. The van der Waals surface area contributed by atoms with Crippen molar-refractivity contribution in [1.82, 2.24) is 0 Å². The van der Waals surface area contributed by atoms with E-state index in [0.29, 0.717) is 11.3 Å². The van der Waals surface area contributed by atoms with Gasteiger partial charge in [-0.25, -0.2) is 4.79 Å². The van der Waals surface area contributed by atoms with Crippen LogP contribution in [0, 0.1) is 5.41 Å². The minimum absolute atomic E-state index is 0.353. The van der Waals surface area contributed by atoms with Crippen molar-refractivity contribution in [2.75, 3.05) is 7.11 Å². The van der Waals surface area contributed by atoms with E-state index in [-0.39, 0.29) is 5.41 Å². The van der Waals surface area contributed by atoms with Gasteiger partial charge in [-0.15, -0.1) is 0 Å². The highest BCUT2D eigenvalue weighted by atomic mass is 16.5. The molecular formula is C20H21NO3. The van der Waals surface area contributed by atoms with E-state index in [1.165, 1.54) is 0 Å². The van der Waals surface area contributed by atoms with Crippen molar-refractivity contribution in [3.05, 3.63) is 64.7 Å². The Labute approximate surface area is 141 Å². The standard InChI is InChI=1S/C20H21NO3/c1-19(2,3)17-15-7-5-6-8-16(15)21-20(17,18(22)23)13-9-11-14(24-4)12-10-13/h5-12H,1-4H3,(H,22,23). The Balaban J connectivity index is 2.39. The SMILES string of the molecule is COc1ccc(C2(C(=O)O)N=c3ccccc3=C2C(C)(C)C)cc1. The topological polar surface area (TPSA) is 58.9 Å². The summed E-state index contributed by atoms with van der Waals surface area (Å²) in [5, 5.41) is 11.8. The molecule has 1 atom stereocenters. The van der Waals surface area contributed by atoms with Gasteiger partial charge in [-0.2, -0.15) is 0 Å². The number of ether oxygens (including phenoxy) is 1. The number of hydrogen-bond donors (Lipinski definition) is 1. The van der Waals surface area contributed by atoms with Crippen LogP contribution >= 0.6 is 0 Å². The Kier molecular flexibility index (Phi) is 3.71. The first-order valence-corrected chi connectivity index (χ1v) is 7.89. The molecule has 1 aliphatic rings. The van der Waals surface area contributed by atoms with Crippen LogP contribution in [0.4, 0.5) is 0 Å². The van der Waals surface area contributed by atoms with E-state index >= 15 is 0 Å². The van der Waals surface area contributed by atoms with Gasteiger partial charge >= 0.3 is 5.97 Å². The van der Waals surface area contributed by atoms with Crippen LogP contribution in [-0.2, 0) is 10.3 Å². The monoisotopic (exact) mass is 323 g/mol. The lowest BCUT2D eigenvalue weighted by Crippen LogP contribution is -2.40. The lowest BCUT2D eigenvalue weighted by atomic mass is 9.71. The Bertz CT molecular complexity index is 907. The molecule has 4 nitrogen and oxygen atoms in total. The molecule has 1 heterocycles. The highest BCUT2D eigenvalue weighted by Crippen LogP contribution is 2.45. The molecule has 4 heteroatoms. The normalized spacial score (nSPS) is 19.6. The number of nitrogens with zero attached hydrogens (tertiary/aromatic N) is 1. The van der Waals surface area contributed by atoms with Crippen molar-refractivity contribution in [3.63, 3.8) is 0 Å². The van der Waals surface area contributed by atoms with Gasteiger partial charge < -0.3 is 9.84 Å². The third-order valence-corrected chi connectivity index (χ3v) is 4.39. The van der Waals surface area contributed by atoms with Crippen molar-refractivity contribution in [2.45, 2.75) is 26.3 Å². The predicted molar refractivity (Wildman–Crippen MR) is 92.4 cm³/mol. The first-order valence-electron chi connectivity index (χ1n) is 7.89. The van der Waals surface area contributed by atoms with Crippen LogP contribution in [0.5, 0.6) is 5.75 Å². The van der Waals surface area contributed by atoms with E-state index < -0.39 is 11.5 Å². The number of fused-ring (bicyclic) bond motifs is 1. The molecule has 2 aromatic carbocycles. The molecule has 0 saturated heterocycles. The Morgan fingerprint density at radius 1 is 1.08 bits per heavy atom. The largest absolute Gasteiger partial charge is 0.497 e. The molecule has 0 bridgehead atoms. The summed E-state index contributed by atoms with van der Waals surface area (Å²) >= 11 is 0. The maximum atomic E-state index is 12.5. The fourth-order valence-electron chi connectivity index (χ4n) is 3.48. The molecule has 0 radical (unpaired) electrons. The number of carbonyl (C=O) groups is 1. The third-order valence-electron chi connectivity index (χ3n) is 4.39. The number of benzene rings is 2. The summed E-state index contributed by atoms with van der Waals surface area (Å²) in [7, 11) is 1.59. The fourth-order valence-corrected chi connectivity index (χ4v) is 3.48. The summed E-state index contributed by atoms with van der Waals surface area (Å²) in [5.74, 6) is -0.277. The second kappa shape index (κ2) is 5.48. The van der Waals surface area contributed by atoms with E-state index in [4.69, 9.17) is 4.74 Å². The number of para-hydroxylation sites is 1. The van der Waals surface area contributed by atoms with Crippen LogP contribution < -0.4 is 15.3 Å². The van der Waals surface area contributed by atoms with Crippen LogP contribution in [0.1, 0.15) is 26.3 Å². The van der Waals surface area contributed by atoms with Gasteiger partial charge in [0.2, 0.25) is 5.54 Å². The van der Waals surface area contributed by atoms with E-state index in [0.717, 1.165) is 16.1 Å². The summed E-state index contributed by atoms with van der Waals surface area (Å²) < 4.78 is 5.20. The van der Waals surface area contributed by atoms with Crippen molar-refractivity contribution < 1.29 is 14.6 Å². The molecule has 0 spiro atoms. The molecular weight excluding hydrogens is 302 g/mol. The number of rotatable bonds is 3. The van der Waals surface area contributed by atoms with Crippen LogP contribution in [0.2, 0.25) is 0 Å². The molecule has 1 aliphatic heterocycles. The Hall–Kier alpha value is -2.62. The molecule has 0 amide bonds. The molecule has 0 saturated carbocycles. The summed E-state index contributed by atoms with van der Waals surface area (Å²) in [6, 6.07) is 14.8. The smallest absolute Gasteiger partial charge is 0.340 e. The van der Waals surface area contributed by atoms with Crippen LogP contribution in [0.15, 0.2) is 53.5 Å². The second-order valence-electron chi connectivity index (χ2n) is 7.00. The molecule has 0 aliphatic carbocycles. The molecule has 0 fully saturated rings. The summed E-state index contributed by atoms with van der Waals surface area (Å²) in [6.45, 7) is 6.09. The Morgan fingerprint density at radius 3 is 2.25 bits per heavy atom. The minimum atomic E-state index is -1.41. The Morgan fingerprint density at radius 2 is 1.71 bits per heavy atom. The van der Waals surface area contributed by atoms with Crippen molar-refractivity contribution >= 4 is 11.5 Å². The van der Waals surface area contributed by atoms with E-state index in [9.17, 15) is 9.90 Å². The van der Waals surface area contributed by atoms with Gasteiger partial charge in [0.15, 0.2) is 0 Å². The highest BCUT2D eigenvalue weighted by molar-refractivity contribution is 5.95. The van der Waals surface area contributed by atoms with Gasteiger partial charge in [-0.05, 0) is 34.8 Å². The van der Waals surface area contributed by atoms with Gasteiger partial charge in [-0.3, -0.25) is 4.99 Å². The number of aliphatic carboxylic acids is 1. The zero-order chi connectivity index (χ0) is 17.5. The zero-order valence-corrected chi connectivity index (χ0v) is 14.3. The molecule has 1 unspecified atom stereocenters. The average Bonchev–Trinajstić information content (AvgIpc) is 2.91. The van der Waals surface area contributed by atoms with Crippen LogP contribution in [0.25, 0.3) is 5.57 Å². The van der Waals surface area contributed by atoms with Crippen molar-refractivity contribution in [2.24, 2.45) is 10.4 Å². The second-order valence-corrected chi connectivity index (χ2v) is 7.00. The zero-order valence-electron chi connectivity index (χ0n) is 14.3. The van der Waals surface area contributed by atoms with Gasteiger partial charge in [-0.1, -0.05) is 51.1 Å². The fraction of sp³-hybridized carbons (Fsp3) is 0.300. The first-order chi connectivity index (χ1) is 11.3. The number of methoxy groups -OCH3 is 1. The molecule has 124 valence electrons. The van der Waals surface area contributed by atoms with E-state index in [1.54, 1.807) is 31.4 Å². The summed E-state index contributed by atoms with van der Waals surface area (Å²) in [6.07, 6.45) is 0. The number of hydrogen-bond acceptors (Lipinski definition) is 3. The van der Waals surface area contributed by atoms with Gasteiger partial charge in [0.25, 0.3) is 0 Å². The number of carboxylic acid groups (broad SMARTS) is 1. The van der Waals surface area contributed by atoms with E-state index in [1.807, 2.05) is 45.0 Å². The van der Waals surface area contributed by atoms with Crippen LogP contribution in [0.3, 0.4) is 0 Å². The molecule has 2 aromatic rings. The number of carboxylic acids is 1. The van der Waals surface area contributed by atoms with Crippen LogP contribution in [-0.4, -0.2) is 18.2 Å². The van der Waals surface area contributed by atoms with Crippen molar-refractivity contribution in [3.8, 4) is 5.75 Å². The molecule has 3 rings (SSSR count). The molecule has 0 aromatic heterocycles. The quantitative estimate of drug-likeness (QED) is 0.944. The van der Waals surface area contributed by atoms with Gasteiger partial charge in [0.05, 0.1) is 12.5 Å². The average molecular weight is 323 g/mol. The first kappa shape index (κ1) is 16.2. The molecule has 1 N–H and O–H groups in total. The summed E-state index contributed by atoms with van der Waals surface area (Å²) in [5.41, 5.74) is -0.317. The van der Waals surface area contributed by atoms with Crippen molar-refractivity contribution in [1.29, 1.82) is 0 Å². The van der Waals surface area contributed by atoms with E-state index in [2.05, 4.69) is 4.99 Å². The lowest BCUT2D eigenvalue weighted by molar-refractivity contribution is -0.141. The predicted octanol–water partition coefficient (Wildman–Crippen LogP) is 2.51. The lowest BCUT2D eigenvalue weighted by Gasteiger charge is -2.34. The van der Waals surface area contributed by atoms with Gasteiger partial charge in [0.1, 0.15) is 5.75 Å². The van der Waals surface area contributed by atoms with Gasteiger partial charge in [0, 0.05) is 5.22 Å². The minimum Gasteiger partial charge on any atom is -0.497 e. The third kappa shape index (κ3) is 2.30.